The van der Waals surface area contributed by atoms with Gasteiger partial charge in [-0.05, 0) is 30.5 Å². The Bertz CT molecular complexity index is 769. The summed E-state index contributed by atoms with van der Waals surface area (Å²) in [4.78, 5) is 17.5. The van der Waals surface area contributed by atoms with Gasteiger partial charge in [-0.1, -0.05) is 37.3 Å². The lowest BCUT2D eigenvalue weighted by Gasteiger charge is -2.34. The van der Waals surface area contributed by atoms with Crippen LogP contribution in [0.15, 0.2) is 36.4 Å². The Morgan fingerprint density at radius 3 is 2.48 bits per heavy atom. The van der Waals surface area contributed by atoms with Crippen molar-refractivity contribution < 1.29 is 9.53 Å². The minimum absolute atomic E-state index is 0.0892. The van der Waals surface area contributed by atoms with E-state index in [4.69, 9.17) is 4.74 Å². The molecule has 0 spiro atoms. The van der Waals surface area contributed by atoms with Gasteiger partial charge in [0.15, 0.2) is 0 Å². The van der Waals surface area contributed by atoms with Crippen LogP contribution in [0.4, 0.5) is 0 Å². The van der Waals surface area contributed by atoms with E-state index in [9.17, 15) is 4.79 Å². The third-order valence-corrected chi connectivity index (χ3v) is 5.48. The van der Waals surface area contributed by atoms with Crippen molar-refractivity contribution in [2.24, 2.45) is 0 Å². The van der Waals surface area contributed by atoms with Crippen LogP contribution in [-0.2, 0) is 11.2 Å². The molecule has 146 valence electrons. The number of carbonyl (C=O) groups excluding carboxylic acids is 1. The van der Waals surface area contributed by atoms with E-state index in [2.05, 4.69) is 35.2 Å². The van der Waals surface area contributed by atoms with Crippen LogP contribution in [0.1, 0.15) is 18.9 Å². The van der Waals surface area contributed by atoms with Gasteiger partial charge in [-0.3, -0.25) is 9.69 Å². The highest BCUT2D eigenvalue weighted by Gasteiger charge is 2.19. The van der Waals surface area contributed by atoms with E-state index in [1.807, 2.05) is 30.3 Å². The van der Waals surface area contributed by atoms with Crippen LogP contribution in [0.25, 0.3) is 10.8 Å². The summed E-state index contributed by atoms with van der Waals surface area (Å²) in [6.07, 6.45) is 1.34. The van der Waals surface area contributed by atoms with Crippen LogP contribution in [0.5, 0.6) is 5.75 Å². The maximum Gasteiger partial charge on any atom is 0.224 e. The van der Waals surface area contributed by atoms with Crippen LogP contribution in [0, 0.1) is 0 Å². The number of hydrogen-bond acceptors (Lipinski definition) is 4. The zero-order valence-corrected chi connectivity index (χ0v) is 16.7. The van der Waals surface area contributed by atoms with Gasteiger partial charge in [-0.25, -0.2) is 0 Å². The Balaban J connectivity index is 1.64. The maximum atomic E-state index is 12.7. The predicted molar refractivity (Wildman–Crippen MR) is 110 cm³/mol. The maximum absolute atomic E-state index is 12.7. The van der Waals surface area contributed by atoms with E-state index >= 15 is 0 Å². The van der Waals surface area contributed by atoms with Crippen LogP contribution >= 0.6 is 0 Å². The molecule has 5 heteroatoms. The first-order valence-electron chi connectivity index (χ1n) is 9.85. The minimum Gasteiger partial charge on any atom is -0.496 e. The molecule has 1 amide bonds. The number of nitrogens with one attached hydrogen (secondary N) is 1. The number of fused-ring (bicyclic) bond motifs is 1. The summed E-state index contributed by atoms with van der Waals surface area (Å²) in [6, 6.07) is 12.3. The first-order valence-corrected chi connectivity index (χ1v) is 9.85. The molecule has 2 aromatic carbocycles. The lowest BCUT2D eigenvalue weighted by Crippen LogP contribution is -2.50. The van der Waals surface area contributed by atoms with Crippen molar-refractivity contribution in [2.75, 3.05) is 46.9 Å². The van der Waals surface area contributed by atoms with Gasteiger partial charge in [0.05, 0.1) is 13.5 Å². The van der Waals surface area contributed by atoms with E-state index in [0.717, 1.165) is 61.2 Å². The molecule has 1 aliphatic heterocycles. The van der Waals surface area contributed by atoms with Gasteiger partial charge in [0.1, 0.15) is 5.75 Å². The van der Waals surface area contributed by atoms with Gasteiger partial charge >= 0.3 is 0 Å². The Morgan fingerprint density at radius 2 is 1.81 bits per heavy atom. The second-order valence-corrected chi connectivity index (χ2v) is 7.43. The molecule has 1 N–H and O–H groups in total. The number of hydrogen-bond donors (Lipinski definition) is 1. The molecule has 1 saturated heterocycles. The van der Waals surface area contributed by atoms with E-state index in [0.29, 0.717) is 6.42 Å². The quantitative estimate of drug-likeness (QED) is 0.815. The van der Waals surface area contributed by atoms with Gasteiger partial charge in [0.2, 0.25) is 5.91 Å². The van der Waals surface area contributed by atoms with E-state index in [1.165, 1.54) is 0 Å². The normalized spacial score (nSPS) is 17.0. The number of nitrogens with zero attached hydrogens (tertiary/aromatic N) is 2. The lowest BCUT2D eigenvalue weighted by molar-refractivity contribution is -0.121. The highest BCUT2D eigenvalue weighted by atomic mass is 16.5. The molecule has 3 rings (SSSR count). The fourth-order valence-corrected chi connectivity index (χ4v) is 3.74. The standard InChI is InChI=1S/C22H31N3O2/c1-4-18(16-25-13-11-24(2)12-14-25)23-22(26)15-17-9-10-21(27-3)20-8-6-5-7-19(17)20/h5-10,18H,4,11-16H2,1-3H3,(H,23,26)/t18-/m0/s1. The summed E-state index contributed by atoms with van der Waals surface area (Å²) in [7, 11) is 3.84. The molecule has 5 nitrogen and oxygen atoms in total. The smallest absolute Gasteiger partial charge is 0.224 e. The molecule has 1 atom stereocenters. The van der Waals surface area contributed by atoms with Crippen molar-refractivity contribution in [2.45, 2.75) is 25.8 Å². The van der Waals surface area contributed by atoms with Gasteiger partial charge in [-0.15, -0.1) is 0 Å². The molecule has 0 aromatic heterocycles. The molecule has 27 heavy (non-hydrogen) atoms. The first-order chi connectivity index (χ1) is 13.1. The van der Waals surface area contributed by atoms with Crippen LogP contribution in [0.2, 0.25) is 0 Å². The summed E-state index contributed by atoms with van der Waals surface area (Å²) in [6.45, 7) is 7.42. The van der Waals surface area contributed by atoms with Crippen LogP contribution in [-0.4, -0.2) is 68.6 Å². The second-order valence-electron chi connectivity index (χ2n) is 7.43. The fourth-order valence-electron chi connectivity index (χ4n) is 3.74. The van der Waals surface area contributed by atoms with Crippen molar-refractivity contribution in [3.05, 3.63) is 42.0 Å². The average Bonchev–Trinajstić information content (AvgIpc) is 2.69. The molecule has 0 bridgehead atoms. The molecule has 1 aliphatic rings. The second kappa shape index (κ2) is 9.20. The Kier molecular flexibility index (Phi) is 6.69. The monoisotopic (exact) mass is 369 g/mol. The molecule has 0 aliphatic carbocycles. The molecule has 0 radical (unpaired) electrons. The van der Waals surface area contributed by atoms with Crippen molar-refractivity contribution in [1.29, 1.82) is 0 Å². The fraction of sp³-hybridized carbons (Fsp3) is 0.500. The van der Waals surface area contributed by atoms with Gasteiger partial charge in [-0.2, -0.15) is 0 Å². The largest absolute Gasteiger partial charge is 0.496 e. The SMILES string of the molecule is CC[C@@H](CN1CCN(C)CC1)NC(=O)Cc1ccc(OC)c2ccccc12. The number of methoxy groups -OCH3 is 1. The molecule has 1 fully saturated rings. The number of rotatable bonds is 7. The first kappa shape index (κ1) is 19.6. The van der Waals surface area contributed by atoms with E-state index < -0.39 is 0 Å². The molecular weight excluding hydrogens is 338 g/mol. The molecule has 2 aromatic rings. The zero-order chi connectivity index (χ0) is 19.2. The Morgan fingerprint density at radius 1 is 1.11 bits per heavy atom. The van der Waals surface area contributed by atoms with Crippen molar-refractivity contribution in [3.8, 4) is 5.75 Å². The summed E-state index contributed by atoms with van der Waals surface area (Å²) in [5.41, 5.74) is 1.04. The zero-order valence-electron chi connectivity index (χ0n) is 16.7. The van der Waals surface area contributed by atoms with Crippen LogP contribution in [0.3, 0.4) is 0 Å². The lowest BCUT2D eigenvalue weighted by atomic mass is 10.0. The van der Waals surface area contributed by atoms with Gasteiger partial charge in [0.25, 0.3) is 0 Å². The Labute approximate surface area is 162 Å². The Hall–Kier alpha value is -2.11. The van der Waals surface area contributed by atoms with Crippen molar-refractivity contribution >= 4 is 16.7 Å². The van der Waals surface area contributed by atoms with Gasteiger partial charge < -0.3 is 15.0 Å². The highest BCUT2D eigenvalue weighted by molar-refractivity contribution is 5.94. The predicted octanol–water partition coefficient (Wildman–Crippen LogP) is 2.53. The molecular formula is C22H31N3O2. The number of likely N-dealkylation sites (N-methyl/N-ethyl adjacent to an activating group) is 1. The third kappa shape index (κ3) is 4.99. The molecule has 0 saturated carbocycles. The topological polar surface area (TPSA) is 44.8 Å². The molecule has 1 heterocycles. The third-order valence-electron chi connectivity index (χ3n) is 5.48. The van der Waals surface area contributed by atoms with Crippen molar-refractivity contribution in [1.82, 2.24) is 15.1 Å². The van der Waals surface area contributed by atoms with E-state index in [-0.39, 0.29) is 11.9 Å². The number of carbonyl (C=O) groups is 1. The van der Waals surface area contributed by atoms with E-state index in [1.54, 1.807) is 7.11 Å². The molecule has 0 unspecified atom stereocenters. The summed E-state index contributed by atoms with van der Waals surface area (Å²) in [5.74, 6) is 0.933. The van der Waals surface area contributed by atoms with Crippen LogP contribution < -0.4 is 10.1 Å². The summed E-state index contributed by atoms with van der Waals surface area (Å²) >= 11 is 0. The number of piperazine rings is 1. The number of ether oxygens (including phenoxy) is 1. The minimum atomic E-state index is 0.0892. The number of benzene rings is 2. The number of amides is 1. The highest BCUT2D eigenvalue weighted by Crippen LogP contribution is 2.28. The summed E-state index contributed by atoms with van der Waals surface area (Å²) in [5, 5.41) is 5.37. The van der Waals surface area contributed by atoms with Crippen molar-refractivity contribution in [3.63, 3.8) is 0 Å². The average molecular weight is 370 g/mol. The van der Waals surface area contributed by atoms with Gasteiger partial charge in [0, 0.05) is 44.2 Å². The summed E-state index contributed by atoms with van der Waals surface area (Å²) < 4.78 is 5.45.